The van der Waals surface area contributed by atoms with E-state index >= 15 is 0 Å². The van der Waals surface area contributed by atoms with Gasteiger partial charge in [-0.1, -0.05) is 39.5 Å². The van der Waals surface area contributed by atoms with Gasteiger partial charge in [0.15, 0.2) is 17.0 Å². The van der Waals surface area contributed by atoms with Crippen LogP contribution in [-0.4, -0.2) is 37.3 Å². The molecule has 2 aromatic rings. The van der Waals surface area contributed by atoms with Crippen LogP contribution in [0.5, 0.6) is 0 Å². The molecule has 6 heteroatoms. The number of aliphatic hydroxyl groups excluding tert-OH is 1. The highest BCUT2D eigenvalue weighted by Gasteiger charge is 2.18. The molecule has 1 saturated carbocycles. The Labute approximate surface area is 168 Å². The summed E-state index contributed by atoms with van der Waals surface area (Å²) in [4.78, 5) is 14.0. The van der Waals surface area contributed by atoms with Crippen LogP contribution in [0.2, 0.25) is 0 Å². The van der Waals surface area contributed by atoms with Crippen molar-refractivity contribution < 1.29 is 5.11 Å². The molecule has 6 nitrogen and oxygen atoms in total. The van der Waals surface area contributed by atoms with E-state index in [0.717, 1.165) is 35.7 Å². The molecule has 0 saturated heterocycles. The highest BCUT2D eigenvalue weighted by Crippen LogP contribution is 2.28. The van der Waals surface area contributed by atoms with Crippen molar-refractivity contribution in [3.63, 3.8) is 0 Å². The third-order valence-corrected chi connectivity index (χ3v) is 5.67. The Morgan fingerprint density at radius 3 is 2.82 bits per heavy atom. The van der Waals surface area contributed by atoms with Crippen LogP contribution in [0.4, 0.5) is 5.82 Å². The largest absolute Gasteiger partial charge is 0.396 e. The van der Waals surface area contributed by atoms with Gasteiger partial charge in [0, 0.05) is 25.1 Å². The molecule has 0 aliphatic heterocycles. The predicted octanol–water partition coefficient (Wildman–Crippen LogP) is 3.99. The molecule has 0 amide bonds. The lowest BCUT2D eigenvalue weighted by Crippen LogP contribution is -2.19. The van der Waals surface area contributed by atoms with Crippen molar-refractivity contribution in [2.75, 3.05) is 11.9 Å². The van der Waals surface area contributed by atoms with E-state index in [0.29, 0.717) is 30.7 Å². The van der Waals surface area contributed by atoms with Crippen molar-refractivity contribution in [3.8, 4) is 11.8 Å². The summed E-state index contributed by atoms with van der Waals surface area (Å²) < 4.78 is 1.99. The summed E-state index contributed by atoms with van der Waals surface area (Å²) in [6.07, 6.45) is 9.42. The fraction of sp³-hybridized carbons (Fsp3) is 0.682. The van der Waals surface area contributed by atoms with Crippen LogP contribution in [0.15, 0.2) is 6.33 Å². The van der Waals surface area contributed by atoms with Crippen LogP contribution in [0.1, 0.15) is 71.5 Å². The summed E-state index contributed by atoms with van der Waals surface area (Å²) in [5, 5.41) is 12.7. The van der Waals surface area contributed by atoms with Crippen LogP contribution in [0.25, 0.3) is 11.2 Å². The lowest BCUT2D eigenvalue weighted by atomic mass is 9.83. The highest BCUT2D eigenvalue weighted by atomic mass is 16.3. The third-order valence-electron chi connectivity index (χ3n) is 5.67. The van der Waals surface area contributed by atoms with E-state index in [2.05, 4.69) is 42.9 Å². The van der Waals surface area contributed by atoms with Crippen LogP contribution in [0, 0.1) is 23.7 Å². The SMILES string of the molecule is CCC(CC)Nc1nc(C#CC2CCC[C@@H](C)C2)nc2c1ncn2CCCO. The van der Waals surface area contributed by atoms with E-state index in [1.54, 1.807) is 6.33 Å². The Morgan fingerprint density at radius 1 is 1.29 bits per heavy atom. The molecule has 2 N–H and O–H groups in total. The predicted molar refractivity (Wildman–Crippen MR) is 113 cm³/mol. The van der Waals surface area contributed by atoms with Gasteiger partial charge >= 0.3 is 0 Å². The average Bonchev–Trinajstić information content (AvgIpc) is 3.12. The van der Waals surface area contributed by atoms with E-state index in [4.69, 9.17) is 9.97 Å². The number of nitrogens with zero attached hydrogens (tertiary/aromatic N) is 4. The van der Waals surface area contributed by atoms with E-state index < -0.39 is 0 Å². The first-order valence-electron chi connectivity index (χ1n) is 10.8. The first-order chi connectivity index (χ1) is 13.6. The van der Waals surface area contributed by atoms with Gasteiger partial charge in [0.25, 0.3) is 0 Å². The van der Waals surface area contributed by atoms with Crippen LogP contribution in [-0.2, 0) is 6.54 Å². The minimum atomic E-state index is 0.149. The molecule has 2 atom stereocenters. The average molecular weight is 384 g/mol. The molecule has 3 rings (SSSR count). The first-order valence-corrected chi connectivity index (χ1v) is 10.8. The molecule has 2 aromatic heterocycles. The Balaban J connectivity index is 1.94. The smallest absolute Gasteiger partial charge is 0.208 e. The van der Waals surface area contributed by atoms with Crippen molar-refractivity contribution in [3.05, 3.63) is 12.2 Å². The number of aromatic nitrogens is 4. The Morgan fingerprint density at radius 2 is 2.11 bits per heavy atom. The summed E-state index contributed by atoms with van der Waals surface area (Å²) in [5.74, 6) is 9.19. The number of imidazole rings is 1. The van der Waals surface area contributed by atoms with Gasteiger partial charge in [-0.05, 0) is 43.9 Å². The van der Waals surface area contributed by atoms with Gasteiger partial charge in [-0.15, -0.1) is 0 Å². The molecule has 28 heavy (non-hydrogen) atoms. The molecule has 152 valence electrons. The number of rotatable bonds is 7. The van der Waals surface area contributed by atoms with Crippen molar-refractivity contribution in [1.29, 1.82) is 0 Å². The van der Waals surface area contributed by atoms with Crippen LogP contribution < -0.4 is 5.32 Å². The van der Waals surface area contributed by atoms with Crippen molar-refractivity contribution in [2.24, 2.45) is 11.8 Å². The fourth-order valence-electron chi connectivity index (χ4n) is 3.92. The van der Waals surface area contributed by atoms with Crippen molar-refractivity contribution >= 4 is 17.0 Å². The maximum atomic E-state index is 9.18. The monoisotopic (exact) mass is 383 g/mol. The number of nitrogens with one attached hydrogen (secondary N) is 1. The zero-order valence-corrected chi connectivity index (χ0v) is 17.4. The molecule has 1 aliphatic rings. The summed E-state index contributed by atoms with van der Waals surface area (Å²) in [6, 6.07) is 0.348. The maximum Gasteiger partial charge on any atom is 0.208 e. The molecule has 2 heterocycles. The third kappa shape index (κ3) is 5.02. The summed E-state index contributed by atoms with van der Waals surface area (Å²) in [7, 11) is 0. The Kier molecular flexibility index (Phi) is 7.27. The van der Waals surface area contributed by atoms with Crippen LogP contribution >= 0.6 is 0 Å². The molecule has 1 unspecified atom stereocenters. The number of aliphatic hydroxyl groups is 1. The zero-order valence-electron chi connectivity index (χ0n) is 17.4. The molecule has 1 aliphatic carbocycles. The van der Waals surface area contributed by atoms with Gasteiger partial charge < -0.3 is 15.0 Å². The molecular formula is C22H33N5O. The fourth-order valence-corrected chi connectivity index (χ4v) is 3.92. The lowest BCUT2D eigenvalue weighted by molar-refractivity contribution is 0.280. The maximum absolute atomic E-state index is 9.18. The van der Waals surface area contributed by atoms with Gasteiger partial charge in [-0.2, -0.15) is 0 Å². The lowest BCUT2D eigenvalue weighted by Gasteiger charge is -2.22. The normalized spacial score (nSPS) is 19.6. The molecule has 1 fully saturated rings. The number of fused-ring (bicyclic) bond motifs is 1. The second-order valence-electron chi connectivity index (χ2n) is 7.98. The summed E-state index contributed by atoms with van der Waals surface area (Å²) >= 11 is 0. The van der Waals surface area contributed by atoms with E-state index in [-0.39, 0.29) is 6.61 Å². The minimum Gasteiger partial charge on any atom is -0.396 e. The summed E-state index contributed by atoms with van der Waals surface area (Å²) in [6.45, 7) is 7.49. The highest BCUT2D eigenvalue weighted by molar-refractivity contribution is 5.83. The van der Waals surface area contributed by atoms with Gasteiger partial charge in [0.2, 0.25) is 5.82 Å². The number of aryl methyl sites for hydroxylation is 1. The Bertz CT molecular complexity index is 831. The van der Waals surface area contributed by atoms with E-state index in [9.17, 15) is 5.11 Å². The number of hydrogen-bond acceptors (Lipinski definition) is 5. The zero-order chi connectivity index (χ0) is 19.9. The number of hydrogen-bond donors (Lipinski definition) is 2. The first kappa shape index (κ1) is 20.6. The Hall–Kier alpha value is -2.13. The molecule has 0 bridgehead atoms. The second-order valence-corrected chi connectivity index (χ2v) is 7.98. The molecule has 0 radical (unpaired) electrons. The van der Waals surface area contributed by atoms with E-state index in [1.807, 2.05) is 4.57 Å². The molecule has 0 aromatic carbocycles. The van der Waals surface area contributed by atoms with Crippen molar-refractivity contribution in [1.82, 2.24) is 19.5 Å². The van der Waals surface area contributed by atoms with E-state index in [1.165, 1.54) is 25.7 Å². The summed E-state index contributed by atoms with van der Waals surface area (Å²) in [5.41, 5.74) is 1.57. The van der Waals surface area contributed by atoms with Crippen LogP contribution in [0.3, 0.4) is 0 Å². The number of anilines is 1. The second kappa shape index (κ2) is 9.88. The standard InChI is InChI=1S/C22H33N5O/c1-4-18(5-2)24-21-20-22(27(15-23-20)12-7-13-28)26-19(25-21)11-10-17-9-6-8-16(3)14-17/h15-18,28H,4-9,12-14H2,1-3H3,(H,24,25,26)/t16-,17?/m1/s1. The molecular weight excluding hydrogens is 350 g/mol. The minimum absolute atomic E-state index is 0.149. The molecule has 0 spiro atoms. The van der Waals surface area contributed by atoms with Gasteiger partial charge in [0.1, 0.15) is 0 Å². The van der Waals surface area contributed by atoms with Crippen molar-refractivity contribution in [2.45, 2.75) is 78.3 Å². The van der Waals surface area contributed by atoms with Gasteiger partial charge in [0.05, 0.1) is 6.33 Å². The quantitative estimate of drug-likeness (QED) is 0.707. The topological polar surface area (TPSA) is 75.9 Å². The van der Waals surface area contributed by atoms with Gasteiger partial charge in [-0.25, -0.2) is 15.0 Å². The van der Waals surface area contributed by atoms with Gasteiger partial charge in [-0.3, -0.25) is 0 Å².